The molecular weight excluding hydrogens is 348 g/mol. The highest BCUT2D eigenvalue weighted by Crippen LogP contribution is 2.39. The summed E-state index contributed by atoms with van der Waals surface area (Å²) in [6.45, 7) is 4.62. The number of hydrogen-bond donors (Lipinski definition) is 0. The van der Waals surface area contributed by atoms with Crippen molar-refractivity contribution in [2.45, 2.75) is 122 Å². The molecule has 0 aromatic heterocycles. The van der Waals surface area contributed by atoms with Gasteiger partial charge in [-0.1, -0.05) is 102 Å². The van der Waals surface area contributed by atoms with Crippen molar-refractivity contribution in [2.75, 3.05) is 0 Å². The largest absolute Gasteiger partial charge is 0.0804 e. The Morgan fingerprint density at radius 3 is 2.03 bits per heavy atom. The van der Waals surface area contributed by atoms with E-state index in [0.29, 0.717) is 0 Å². The van der Waals surface area contributed by atoms with E-state index in [9.17, 15) is 0 Å². The van der Waals surface area contributed by atoms with Crippen LogP contribution in [0.3, 0.4) is 0 Å². The van der Waals surface area contributed by atoms with Crippen LogP contribution in [0.15, 0.2) is 30.3 Å². The van der Waals surface area contributed by atoms with Crippen molar-refractivity contribution in [1.29, 1.82) is 0 Å². The molecule has 0 bridgehead atoms. The zero-order chi connectivity index (χ0) is 20.3. The van der Waals surface area contributed by atoms with Gasteiger partial charge in [-0.3, -0.25) is 0 Å². The molecule has 0 N–H and O–H groups in total. The maximum atomic E-state index is 2.55. The number of benzene rings is 1. The standard InChI is InChI=1S/C29H46/c1-3-5-7-8-9-11-25-14-18-27(19-15-25)29-22-20-28(21-23-29)26-16-12-24(13-17-26)10-6-4-2/h16,20-25,27H,3-15,17-19H2,1-2H3/t24?,25-,27-. The Morgan fingerprint density at radius 2 is 1.38 bits per heavy atom. The van der Waals surface area contributed by atoms with E-state index >= 15 is 0 Å². The molecule has 2 aliphatic rings. The van der Waals surface area contributed by atoms with Crippen LogP contribution in [0.4, 0.5) is 0 Å². The van der Waals surface area contributed by atoms with Crippen LogP contribution in [0.2, 0.25) is 0 Å². The lowest BCUT2D eigenvalue weighted by molar-refractivity contribution is 0.302. The van der Waals surface area contributed by atoms with E-state index in [1.54, 1.807) is 11.1 Å². The zero-order valence-electron chi connectivity index (χ0n) is 19.4. The van der Waals surface area contributed by atoms with E-state index in [4.69, 9.17) is 0 Å². The van der Waals surface area contributed by atoms with Crippen LogP contribution in [0.5, 0.6) is 0 Å². The first-order chi connectivity index (χ1) is 14.3. The lowest BCUT2D eigenvalue weighted by Crippen LogP contribution is -2.13. The summed E-state index contributed by atoms with van der Waals surface area (Å²) >= 11 is 0. The number of hydrogen-bond acceptors (Lipinski definition) is 0. The summed E-state index contributed by atoms with van der Waals surface area (Å²) in [5.41, 5.74) is 4.70. The molecule has 0 nitrogen and oxygen atoms in total. The third-order valence-corrected chi connectivity index (χ3v) is 7.80. The minimum Gasteiger partial charge on any atom is -0.0804 e. The monoisotopic (exact) mass is 394 g/mol. The average Bonchev–Trinajstić information content (AvgIpc) is 2.78. The topological polar surface area (TPSA) is 0 Å². The van der Waals surface area contributed by atoms with E-state index < -0.39 is 0 Å². The first-order valence-electron chi connectivity index (χ1n) is 13.1. The predicted molar refractivity (Wildman–Crippen MR) is 129 cm³/mol. The minimum atomic E-state index is 0.819. The minimum absolute atomic E-state index is 0.819. The third kappa shape index (κ3) is 7.30. The summed E-state index contributed by atoms with van der Waals surface area (Å²) in [5.74, 6) is 2.78. The van der Waals surface area contributed by atoms with Crippen molar-refractivity contribution in [1.82, 2.24) is 0 Å². The zero-order valence-corrected chi connectivity index (χ0v) is 19.4. The van der Waals surface area contributed by atoms with Gasteiger partial charge in [0.15, 0.2) is 0 Å². The van der Waals surface area contributed by atoms with Crippen molar-refractivity contribution in [3.05, 3.63) is 41.5 Å². The Balaban J connectivity index is 1.41. The highest BCUT2D eigenvalue weighted by Gasteiger charge is 2.22. The quantitative estimate of drug-likeness (QED) is 0.328. The predicted octanol–water partition coefficient (Wildman–Crippen LogP) is 9.69. The molecule has 2 aliphatic carbocycles. The first-order valence-corrected chi connectivity index (χ1v) is 13.1. The van der Waals surface area contributed by atoms with Gasteiger partial charge >= 0.3 is 0 Å². The van der Waals surface area contributed by atoms with Gasteiger partial charge in [0, 0.05) is 0 Å². The summed E-state index contributed by atoms with van der Waals surface area (Å²) in [7, 11) is 0. The van der Waals surface area contributed by atoms with E-state index in [2.05, 4.69) is 44.2 Å². The van der Waals surface area contributed by atoms with Crippen LogP contribution >= 0.6 is 0 Å². The Bertz CT molecular complexity index is 585. The molecule has 1 atom stereocenters. The molecular formula is C29H46. The fourth-order valence-electron chi connectivity index (χ4n) is 5.70. The van der Waals surface area contributed by atoms with Crippen molar-refractivity contribution in [3.63, 3.8) is 0 Å². The van der Waals surface area contributed by atoms with Gasteiger partial charge in [-0.05, 0) is 79.4 Å². The molecule has 0 spiro atoms. The van der Waals surface area contributed by atoms with Gasteiger partial charge in [0.2, 0.25) is 0 Å². The lowest BCUT2D eigenvalue weighted by atomic mass is 9.76. The van der Waals surface area contributed by atoms with E-state index in [0.717, 1.165) is 17.8 Å². The normalized spacial score (nSPS) is 25.0. The maximum absolute atomic E-state index is 2.55. The summed E-state index contributed by atoms with van der Waals surface area (Å²) in [5, 5.41) is 0. The fourth-order valence-corrected chi connectivity index (χ4v) is 5.70. The molecule has 0 radical (unpaired) electrons. The van der Waals surface area contributed by atoms with Gasteiger partial charge < -0.3 is 0 Å². The van der Waals surface area contributed by atoms with Crippen molar-refractivity contribution < 1.29 is 0 Å². The second kappa shape index (κ2) is 12.6. The van der Waals surface area contributed by atoms with Crippen LogP contribution in [0.25, 0.3) is 5.57 Å². The smallest absolute Gasteiger partial charge is 0.0162 e. The fraction of sp³-hybridized carbons (Fsp3) is 0.724. The molecule has 0 heterocycles. The molecule has 0 amide bonds. The Morgan fingerprint density at radius 1 is 0.690 bits per heavy atom. The van der Waals surface area contributed by atoms with E-state index in [-0.39, 0.29) is 0 Å². The van der Waals surface area contributed by atoms with Gasteiger partial charge in [0.05, 0.1) is 0 Å². The van der Waals surface area contributed by atoms with Crippen LogP contribution in [-0.2, 0) is 0 Å². The Labute approximate surface area is 181 Å². The molecule has 1 fully saturated rings. The molecule has 1 aromatic rings. The van der Waals surface area contributed by atoms with Gasteiger partial charge in [-0.25, -0.2) is 0 Å². The van der Waals surface area contributed by atoms with Crippen LogP contribution in [0.1, 0.15) is 134 Å². The maximum Gasteiger partial charge on any atom is -0.0162 e. The number of unbranched alkanes of at least 4 members (excludes halogenated alkanes) is 5. The Kier molecular flexibility index (Phi) is 9.84. The summed E-state index contributed by atoms with van der Waals surface area (Å²) in [6.07, 6.45) is 25.1. The van der Waals surface area contributed by atoms with Crippen LogP contribution < -0.4 is 0 Å². The molecule has 1 aromatic carbocycles. The van der Waals surface area contributed by atoms with Gasteiger partial charge in [-0.15, -0.1) is 0 Å². The van der Waals surface area contributed by atoms with E-state index in [1.807, 2.05) is 0 Å². The van der Waals surface area contributed by atoms with Crippen molar-refractivity contribution in [2.24, 2.45) is 11.8 Å². The average molecular weight is 395 g/mol. The second-order valence-corrected chi connectivity index (χ2v) is 10.1. The SMILES string of the molecule is CCCCCCC[C@H]1CC[C@H](c2ccc(C3=CCC(CCCC)CC3)cc2)CC1. The molecule has 1 unspecified atom stereocenters. The van der Waals surface area contributed by atoms with Crippen molar-refractivity contribution >= 4 is 5.57 Å². The first kappa shape index (κ1) is 22.6. The molecule has 0 saturated heterocycles. The van der Waals surface area contributed by atoms with Gasteiger partial charge in [-0.2, -0.15) is 0 Å². The molecule has 3 rings (SSSR count). The Hall–Kier alpha value is -1.04. The highest BCUT2D eigenvalue weighted by molar-refractivity contribution is 5.66. The van der Waals surface area contributed by atoms with E-state index in [1.165, 1.54) is 108 Å². The van der Waals surface area contributed by atoms with Gasteiger partial charge in [0.25, 0.3) is 0 Å². The molecule has 29 heavy (non-hydrogen) atoms. The van der Waals surface area contributed by atoms with Crippen molar-refractivity contribution in [3.8, 4) is 0 Å². The number of allylic oxidation sites excluding steroid dienone is 2. The van der Waals surface area contributed by atoms with Gasteiger partial charge in [0.1, 0.15) is 0 Å². The molecule has 0 heteroatoms. The lowest BCUT2D eigenvalue weighted by Gasteiger charge is -2.29. The summed E-state index contributed by atoms with van der Waals surface area (Å²) in [4.78, 5) is 0. The second-order valence-electron chi connectivity index (χ2n) is 10.1. The molecule has 162 valence electrons. The number of rotatable bonds is 11. The molecule has 1 saturated carbocycles. The summed E-state index contributed by atoms with van der Waals surface area (Å²) < 4.78 is 0. The summed E-state index contributed by atoms with van der Waals surface area (Å²) in [6, 6.07) is 9.75. The molecule has 0 aliphatic heterocycles. The third-order valence-electron chi connectivity index (χ3n) is 7.80. The van der Waals surface area contributed by atoms with Crippen LogP contribution in [-0.4, -0.2) is 0 Å². The van der Waals surface area contributed by atoms with Crippen LogP contribution in [0, 0.1) is 11.8 Å². The highest BCUT2D eigenvalue weighted by atomic mass is 14.3.